The molecule has 9 heteroatoms. The van der Waals surface area contributed by atoms with Crippen LogP contribution in [-0.2, 0) is 21.1 Å². The molecular weight excluding hydrogens is 479 g/mol. The van der Waals surface area contributed by atoms with Crippen molar-refractivity contribution in [1.82, 2.24) is 0 Å². The van der Waals surface area contributed by atoms with E-state index < -0.39 is 32.6 Å². The summed E-state index contributed by atoms with van der Waals surface area (Å²) in [5.74, 6) is 0. The Bertz CT molecular complexity index is 72.5. The summed E-state index contributed by atoms with van der Waals surface area (Å²) in [5.41, 5.74) is 0. The van der Waals surface area contributed by atoms with Crippen molar-refractivity contribution in [3.63, 3.8) is 0 Å². The van der Waals surface area contributed by atoms with Crippen LogP contribution in [0, 0.1) is 0 Å². The van der Waals surface area contributed by atoms with E-state index in [0.717, 1.165) is 0 Å². The maximum absolute atomic E-state index is 9.59. The average molecular weight is 505 g/mol. The second-order valence-corrected chi connectivity index (χ2v) is 9.96. The summed E-state index contributed by atoms with van der Waals surface area (Å²) in [5, 5.41) is 0. The van der Waals surface area contributed by atoms with Gasteiger partial charge in [-0.2, -0.15) is 0 Å². The largest absolute Gasteiger partial charge is 2.00 e. The molecule has 0 amide bonds. The first-order valence-electron chi connectivity index (χ1n) is 4.34. The monoisotopic (exact) mass is 505 g/mol. The fourth-order valence-electron chi connectivity index (χ4n) is 0. The van der Waals surface area contributed by atoms with E-state index in [9.17, 15) is 9.79 Å². The molecule has 0 fully saturated rings. The van der Waals surface area contributed by atoms with Crippen molar-refractivity contribution in [2.45, 2.75) is 0 Å². The first kappa shape index (κ1) is 31.6. The second-order valence-electron chi connectivity index (χ2n) is 3.32. The maximum Gasteiger partial charge on any atom is 2.00 e. The molecule has 0 aromatic carbocycles. The molecule has 0 heterocycles. The summed E-state index contributed by atoms with van der Waals surface area (Å²) in [6.07, 6.45) is 0. The van der Waals surface area contributed by atoms with E-state index in [4.69, 9.17) is 9.79 Å². The molecule has 2 N–H and O–H groups in total. The molecule has 0 saturated carbocycles. The van der Waals surface area contributed by atoms with E-state index in [1.165, 1.54) is 0 Å². The predicted molar refractivity (Wildman–Crippen MR) is 79.5 cm³/mol. The Morgan fingerprint density at radius 1 is 0.588 bits per heavy atom. The molecule has 0 aromatic rings. The van der Waals surface area contributed by atoms with Gasteiger partial charge in [0.05, 0.1) is 0 Å². The van der Waals surface area contributed by atoms with Crippen LogP contribution in [0.15, 0.2) is 0 Å². The molecule has 0 atom stereocenters. The molecular formula is C8H26O4P4Pt. The molecule has 0 saturated heterocycles. The van der Waals surface area contributed by atoms with Crippen LogP contribution in [0.1, 0.15) is 0 Å². The van der Waals surface area contributed by atoms with E-state index in [1.54, 1.807) is 53.3 Å². The van der Waals surface area contributed by atoms with Crippen LogP contribution >= 0.6 is 32.6 Å². The van der Waals surface area contributed by atoms with Crippen molar-refractivity contribution in [2.75, 3.05) is 53.3 Å². The predicted octanol–water partition coefficient (Wildman–Crippen LogP) is 1.27. The molecule has 0 aliphatic rings. The van der Waals surface area contributed by atoms with E-state index in [-0.39, 0.29) is 21.1 Å². The van der Waals surface area contributed by atoms with Crippen LogP contribution in [0.5, 0.6) is 0 Å². The van der Waals surface area contributed by atoms with Crippen LogP contribution in [0.4, 0.5) is 0 Å². The average Bonchev–Trinajstić information content (AvgIpc) is 1.76. The molecule has 0 rings (SSSR count). The molecule has 0 aliphatic heterocycles. The van der Waals surface area contributed by atoms with Crippen molar-refractivity contribution >= 4 is 32.6 Å². The van der Waals surface area contributed by atoms with Gasteiger partial charge in [0.15, 0.2) is 0 Å². The standard InChI is InChI=1S/2C2H7OP.2C2H6OP.Pt/c4*1-4(2)3;/h2*3H,1-2H3;2*1-2H3;/q;;2*-1;+2. The zero-order valence-corrected chi connectivity index (χ0v) is 17.7. The van der Waals surface area contributed by atoms with Gasteiger partial charge in [-0.05, 0) is 26.7 Å². The third kappa shape index (κ3) is 953. The summed E-state index contributed by atoms with van der Waals surface area (Å²) >= 11 is 0. The molecule has 0 unspecified atom stereocenters. The third-order valence-electron chi connectivity index (χ3n) is 0. The van der Waals surface area contributed by atoms with Crippen molar-refractivity contribution in [3.8, 4) is 0 Å². The Hall–Kier alpha value is 2.25. The molecule has 0 bridgehead atoms. The van der Waals surface area contributed by atoms with Crippen LogP contribution in [-0.4, -0.2) is 63.1 Å². The molecule has 4 nitrogen and oxygen atoms in total. The van der Waals surface area contributed by atoms with E-state index in [1.807, 2.05) is 0 Å². The topological polar surface area (TPSA) is 86.6 Å². The summed E-state index contributed by atoms with van der Waals surface area (Å²) in [4.78, 5) is 35.4. The minimum absolute atomic E-state index is 0. The van der Waals surface area contributed by atoms with Gasteiger partial charge in [0.2, 0.25) is 0 Å². The molecule has 0 aliphatic carbocycles. The fourth-order valence-corrected chi connectivity index (χ4v) is 0. The van der Waals surface area contributed by atoms with Crippen LogP contribution < -0.4 is 9.79 Å². The normalized spacial score (nSPS) is 8.47. The Balaban J connectivity index is -0.0000000369. The summed E-state index contributed by atoms with van der Waals surface area (Å²) in [6, 6.07) is 0. The van der Waals surface area contributed by atoms with E-state index in [2.05, 4.69) is 0 Å². The first-order valence-corrected chi connectivity index (χ1v) is 13.0. The second kappa shape index (κ2) is 26.7. The van der Waals surface area contributed by atoms with E-state index in [0.29, 0.717) is 0 Å². The van der Waals surface area contributed by atoms with Crippen LogP contribution in [0.2, 0.25) is 0 Å². The summed E-state index contributed by atoms with van der Waals surface area (Å²) in [6.45, 7) is 13.9. The zero-order chi connectivity index (χ0) is 14.3. The Morgan fingerprint density at radius 2 is 0.588 bits per heavy atom. The summed E-state index contributed by atoms with van der Waals surface area (Å²) < 4.78 is 0. The minimum atomic E-state index is -0.870. The minimum Gasteiger partial charge on any atom is -0.830 e. The van der Waals surface area contributed by atoms with Crippen molar-refractivity contribution in [2.24, 2.45) is 0 Å². The summed E-state index contributed by atoms with van der Waals surface area (Å²) in [7, 11) is -2.98. The fraction of sp³-hybridized carbons (Fsp3) is 1.00. The zero-order valence-electron chi connectivity index (χ0n) is 11.8. The van der Waals surface area contributed by atoms with Gasteiger partial charge < -0.3 is 19.6 Å². The molecule has 17 heavy (non-hydrogen) atoms. The molecule has 0 aromatic heterocycles. The van der Waals surface area contributed by atoms with Gasteiger partial charge in [0.1, 0.15) is 0 Å². The molecule has 112 valence electrons. The third-order valence-corrected chi connectivity index (χ3v) is 0. The van der Waals surface area contributed by atoms with Crippen LogP contribution in [0.3, 0.4) is 0 Å². The molecule has 0 spiro atoms. The van der Waals surface area contributed by atoms with Crippen molar-refractivity contribution in [3.05, 3.63) is 0 Å². The molecule has 0 radical (unpaired) electrons. The quantitative estimate of drug-likeness (QED) is 0.486. The Labute approximate surface area is 126 Å². The number of hydrogen-bond acceptors (Lipinski definition) is 4. The van der Waals surface area contributed by atoms with Crippen molar-refractivity contribution in [1.29, 1.82) is 0 Å². The maximum atomic E-state index is 9.59. The van der Waals surface area contributed by atoms with Gasteiger partial charge in [-0.3, -0.25) is 0 Å². The number of rotatable bonds is 0. The number of hydrogen-bond donors (Lipinski definition) is 2. The van der Waals surface area contributed by atoms with Gasteiger partial charge in [-0.25, -0.2) is 16.3 Å². The Morgan fingerprint density at radius 3 is 0.588 bits per heavy atom. The van der Waals surface area contributed by atoms with Crippen molar-refractivity contribution < 1.29 is 40.6 Å². The Kier molecular flexibility index (Phi) is 49.7. The SMILES string of the molecule is CP(C)O.CP(C)O.CP(C)[O-].CP(C)[O-].[Pt+2]. The van der Waals surface area contributed by atoms with Gasteiger partial charge in [0.25, 0.3) is 0 Å². The first-order chi connectivity index (χ1) is 6.93. The van der Waals surface area contributed by atoms with Gasteiger partial charge in [-0.1, -0.05) is 26.7 Å². The van der Waals surface area contributed by atoms with E-state index >= 15 is 0 Å². The van der Waals surface area contributed by atoms with Gasteiger partial charge in [0, 0.05) is 16.3 Å². The van der Waals surface area contributed by atoms with Gasteiger partial charge in [-0.15, -0.1) is 0 Å². The van der Waals surface area contributed by atoms with Crippen LogP contribution in [0.25, 0.3) is 0 Å². The smallest absolute Gasteiger partial charge is 0.830 e. The van der Waals surface area contributed by atoms with Gasteiger partial charge >= 0.3 is 21.1 Å².